The SMILES string of the molecule is O=C1[C@H](CC[C@H](O)c2ccccc2)[C@@H](c2ccc(-c3cccc(O)c3)c(O)c2)N1c1ccc(F)cc1. The highest BCUT2D eigenvalue weighted by Gasteiger charge is 2.48. The van der Waals surface area contributed by atoms with Crippen molar-refractivity contribution in [3.63, 3.8) is 0 Å². The van der Waals surface area contributed by atoms with Gasteiger partial charge in [0.2, 0.25) is 5.91 Å². The van der Waals surface area contributed by atoms with Gasteiger partial charge in [0.05, 0.1) is 18.1 Å². The van der Waals surface area contributed by atoms with Crippen LogP contribution >= 0.6 is 0 Å². The molecular formula is C30H26FNO4. The second-order valence-electron chi connectivity index (χ2n) is 9.07. The van der Waals surface area contributed by atoms with Crippen molar-refractivity contribution in [2.75, 3.05) is 4.90 Å². The summed E-state index contributed by atoms with van der Waals surface area (Å²) in [5.74, 6) is -0.776. The molecule has 36 heavy (non-hydrogen) atoms. The number of nitrogens with zero attached hydrogens (tertiary/aromatic N) is 1. The number of carbonyl (C=O) groups excluding carboxylic acids is 1. The van der Waals surface area contributed by atoms with Gasteiger partial charge in [-0.25, -0.2) is 4.39 Å². The first-order valence-corrected chi connectivity index (χ1v) is 11.9. The van der Waals surface area contributed by atoms with Crippen LogP contribution in [-0.2, 0) is 4.79 Å². The molecule has 0 aromatic heterocycles. The molecule has 3 atom stereocenters. The van der Waals surface area contributed by atoms with Gasteiger partial charge in [-0.05, 0) is 72.0 Å². The molecule has 1 saturated heterocycles. The summed E-state index contributed by atoms with van der Waals surface area (Å²) >= 11 is 0. The molecule has 0 spiro atoms. The summed E-state index contributed by atoms with van der Waals surface area (Å²) in [7, 11) is 0. The number of anilines is 1. The van der Waals surface area contributed by atoms with Gasteiger partial charge in [0.25, 0.3) is 0 Å². The van der Waals surface area contributed by atoms with E-state index in [-0.39, 0.29) is 29.3 Å². The number of aromatic hydroxyl groups is 2. The lowest BCUT2D eigenvalue weighted by Gasteiger charge is -2.48. The molecule has 0 aliphatic carbocycles. The molecular weight excluding hydrogens is 457 g/mol. The number of phenolic OH excluding ortho intramolecular Hbond substituents is 2. The number of rotatable bonds is 7. The fraction of sp³-hybridized carbons (Fsp3) is 0.167. The molecule has 6 heteroatoms. The Morgan fingerprint density at radius 3 is 2.31 bits per heavy atom. The van der Waals surface area contributed by atoms with Gasteiger partial charge in [-0.15, -0.1) is 0 Å². The smallest absolute Gasteiger partial charge is 0.233 e. The summed E-state index contributed by atoms with van der Waals surface area (Å²) < 4.78 is 13.5. The van der Waals surface area contributed by atoms with E-state index in [1.807, 2.05) is 36.4 Å². The third kappa shape index (κ3) is 4.55. The molecule has 0 saturated carbocycles. The number of amides is 1. The quantitative estimate of drug-likeness (QED) is 0.277. The summed E-state index contributed by atoms with van der Waals surface area (Å²) in [5.41, 5.74) is 3.33. The largest absolute Gasteiger partial charge is 0.508 e. The number of hydrogen-bond donors (Lipinski definition) is 3. The molecule has 0 bridgehead atoms. The molecule has 182 valence electrons. The average Bonchev–Trinajstić information content (AvgIpc) is 2.88. The van der Waals surface area contributed by atoms with E-state index >= 15 is 0 Å². The Morgan fingerprint density at radius 1 is 0.861 bits per heavy atom. The second-order valence-corrected chi connectivity index (χ2v) is 9.07. The zero-order valence-electron chi connectivity index (χ0n) is 19.5. The highest BCUT2D eigenvalue weighted by atomic mass is 19.1. The average molecular weight is 484 g/mol. The predicted octanol–water partition coefficient (Wildman–Crippen LogP) is 6.12. The number of benzene rings is 4. The Bertz CT molecular complexity index is 1370. The van der Waals surface area contributed by atoms with Crippen molar-refractivity contribution in [2.45, 2.75) is 25.0 Å². The molecule has 1 heterocycles. The van der Waals surface area contributed by atoms with Gasteiger partial charge in [-0.1, -0.05) is 54.6 Å². The van der Waals surface area contributed by atoms with Crippen molar-refractivity contribution >= 4 is 11.6 Å². The van der Waals surface area contributed by atoms with Crippen molar-refractivity contribution in [1.82, 2.24) is 0 Å². The molecule has 0 unspecified atom stereocenters. The third-order valence-corrected chi connectivity index (χ3v) is 6.77. The van der Waals surface area contributed by atoms with E-state index in [4.69, 9.17) is 0 Å². The minimum atomic E-state index is -0.693. The van der Waals surface area contributed by atoms with E-state index in [1.165, 1.54) is 12.1 Å². The highest BCUT2D eigenvalue weighted by Crippen LogP contribution is 2.47. The standard InChI is InChI=1S/C30H26FNO4/c31-22-10-12-23(13-11-22)32-29(26(30(32)36)15-16-27(34)19-5-2-1-3-6-19)21-9-14-25(28(35)18-21)20-7-4-8-24(33)17-20/h1-14,17-18,26-27,29,33-35H,15-16H2/t26-,27+,29-/m1/s1. The minimum absolute atomic E-state index is 0.0274. The molecule has 5 rings (SSSR count). The fourth-order valence-corrected chi connectivity index (χ4v) is 4.93. The molecule has 1 fully saturated rings. The second kappa shape index (κ2) is 9.84. The van der Waals surface area contributed by atoms with Crippen molar-refractivity contribution in [3.8, 4) is 22.6 Å². The first-order chi connectivity index (χ1) is 17.4. The van der Waals surface area contributed by atoms with Crippen molar-refractivity contribution < 1.29 is 24.5 Å². The molecule has 5 nitrogen and oxygen atoms in total. The van der Waals surface area contributed by atoms with Crippen LogP contribution in [0.2, 0.25) is 0 Å². The lowest BCUT2D eigenvalue weighted by Crippen LogP contribution is -2.55. The van der Waals surface area contributed by atoms with Crippen LogP contribution in [0.1, 0.15) is 36.1 Å². The van der Waals surface area contributed by atoms with Gasteiger partial charge in [0.15, 0.2) is 0 Å². The minimum Gasteiger partial charge on any atom is -0.508 e. The number of β-lactam (4-membered cyclic amide) rings is 1. The zero-order valence-corrected chi connectivity index (χ0v) is 19.5. The number of halogens is 1. The van der Waals surface area contributed by atoms with Crippen molar-refractivity contribution in [1.29, 1.82) is 0 Å². The summed E-state index contributed by atoms with van der Waals surface area (Å²) in [6, 6.07) is 26.6. The van der Waals surface area contributed by atoms with Crippen LogP contribution in [0.3, 0.4) is 0 Å². The van der Waals surface area contributed by atoms with Crippen LogP contribution in [0.15, 0.2) is 97.1 Å². The van der Waals surface area contributed by atoms with Gasteiger partial charge in [-0.2, -0.15) is 0 Å². The van der Waals surface area contributed by atoms with Crippen molar-refractivity contribution in [3.05, 3.63) is 114 Å². The summed E-state index contributed by atoms with van der Waals surface area (Å²) in [5, 5.41) is 31.3. The fourth-order valence-electron chi connectivity index (χ4n) is 4.93. The number of aliphatic hydroxyl groups excluding tert-OH is 1. The lowest BCUT2D eigenvalue weighted by atomic mass is 9.78. The van der Waals surface area contributed by atoms with Crippen molar-refractivity contribution in [2.24, 2.45) is 5.92 Å². The first-order valence-electron chi connectivity index (χ1n) is 11.9. The van der Waals surface area contributed by atoms with Gasteiger partial charge < -0.3 is 20.2 Å². The van der Waals surface area contributed by atoms with E-state index in [9.17, 15) is 24.5 Å². The van der Waals surface area contributed by atoms with E-state index in [0.717, 1.165) is 11.1 Å². The van der Waals surface area contributed by atoms with Crippen LogP contribution in [-0.4, -0.2) is 21.2 Å². The zero-order chi connectivity index (χ0) is 25.2. The van der Waals surface area contributed by atoms with Crippen LogP contribution in [0.25, 0.3) is 11.1 Å². The van der Waals surface area contributed by atoms with Gasteiger partial charge >= 0.3 is 0 Å². The predicted molar refractivity (Wildman–Crippen MR) is 136 cm³/mol. The number of carbonyl (C=O) groups is 1. The Kier molecular flexibility index (Phi) is 6.44. The summed E-state index contributed by atoms with van der Waals surface area (Å²) in [6.07, 6.45) is 0.162. The molecule has 4 aromatic rings. The normalized spacial score (nSPS) is 18.1. The Hall–Kier alpha value is -4.16. The van der Waals surface area contributed by atoms with Gasteiger partial charge in [0.1, 0.15) is 17.3 Å². The van der Waals surface area contributed by atoms with E-state index in [1.54, 1.807) is 53.4 Å². The molecule has 1 amide bonds. The Morgan fingerprint density at radius 2 is 1.61 bits per heavy atom. The summed E-state index contributed by atoms with van der Waals surface area (Å²) in [4.78, 5) is 14.9. The number of phenols is 2. The monoisotopic (exact) mass is 483 g/mol. The number of aliphatic hydroxyl groups is 1. The van der Waals surface area contributed by atoms with Gasteiger partial charge in [0, 0.05) is 11.3 Å². The summed E-state index contributed by atoms with van der Waals surface area (Å²) in [6.45, 7) is 0. The van der Waals surface area contributed by atoms with E-state index in [2.05, 4.69) is 0 Å². The lowest BCUT2D eigenvalue weighted by molar-refractivity contribution is -0.131. The van der Waals surface area contributed by atoms with Crippen LogP contribution in [0.4, 0.5) is 10.1 Å². The molecule has 3 N–H and O–H groups in total. The molecule has 1 aliphatic heterocycles. The maximum absolute atomic E-state index is 13.5. The molecule has 0 radical (unpaired) electrons. The highest BCUT2D eigenvalue weighted by molar-refractivity contribution is 6.03. The third-order valence-electron chi connectivity index (χ3n) is 6.77. The maximum Gasteiger partial charge on any atom is 0.233 e. The molecule has 4 aromatic carbocycles. The topological polar surface area (TPSA) is 81.0 Å². The van der Waals surface area contributed by atoms with Crippen LogP contribution in [0, 0.1) is 11.7 Å². The van der Waals surface area contributed by atoms with E-state index in [0.29, 0.717) is 29.7 Å². The maximum atomic E-state index is 13.5. The van der Waals surface area contributed by atoms with Gasteiger partial charge in [-0.3, -0.25) is 4.79 Å². The Labute approximate surface area is 208 Å². The van der Waals surface area contributed by atoms with Crippen LogP contribution < -0.4 is 4.90 Å². The first kappa shape index (κ1) is 23.6. The Balaban J connectivity index is 1.44. The number of hydrogen-bond acceptors (Lipinski definition) is 4. The molecule has 1 aliphatic rings. The van der Waals surface area contributed by atoms with Crippen LogP contribution in [0.5, 0.6) is 11.5 Å². The van der Waals surface area contributed by atoms with E-state index < -0.39 is 12.0 Å².